The Hall–Kier alpha value is -0.990. The summed E-state index contributed by atoms with van der Waals surface area (Å²) in [5.74, 6) is 3.24. The quantitative estimate of drug-likeness (QED) is 0.689. The Kier molecular flexibility index (Phi) is 5.12. The molecule has 0 aromatic heterocycles. The van der Waals surface area contributed by atoms with E-state index in [2.05, 4.69) is 17.3 Å². The van der Waals surface area contributed by atoms with Gasteiger partial charge in [0.05, 0.1) is 18.7 Å². The Morgan fingerprint density at radius 2 is 2.07 bits per heavy atom. The lowest BCUT2D eigenvalue weighted by Gasteiger charge is -2.23. The largest absolute Gasteiger partial charge is 0.291 e. The minimum Gasteiger partial charge on any atom is -0.291 e. The summed E-state index contributed by atoms with van der Waals surface area (Å²) >= 11 is 0. The van der Waals surface area contributed by atoms with Crippen LogP contribution in [-0.2, 0) is 0 Å². The zero-order valence-corrected chi connectivity index (χ0v) is 8.63. The summed E-state index contributed by atoms with van der Waals surface area (Å²) in [6.45, 7) is 0.505. The van der Waals surface area contributed by atoms with Gasteiger partial charge in [-0.05, 0) is 12.3 Å². The molecule has 2 heteroatoms. The molecule has 0 amide bonds. The molecule has 0 bridgehead atoms. The van der Waals surface area contributed by atoms with Gasteiger partial charge in [-0.1, -0.05) is 38.0 Å². The first-order valence-electron chi connectivity index (χ1n) is 5.43. The second kappa shape index (κ2) is 6.46. The van der Waals surface area contributed by atoms with Crippen molar-refractivity contribution in [2.45, 2.75) is 44.6 Å². The molecule has 0 aliphatic heterocycles. The van der Waals surface area contributed by atoms with Crippen molar-refractivity contribution in [1.29, 1.82) is 5.26 Å². The smallest absolute Gasteiger partial charge is 0.0962 e. The predicted molar refractivity (Wildman–Crippen MR) is 57.4 cm³/mol. The molecule has 0 aromatic rings. The molecule has 1 aliphatic carbocycles. The minimum absolute atomic E-state index is 0.0471. The van der Waals surface area contributed by atoms with E-state index in [4.69, 9.17) is 11.7 Å². The predicted octanol–water partition coefficient (Wildman–Crippen LogP) is 2.07. The van der Waals surface area contributed by atoms with Gasteiger partial charge in [0.25, 0.3) is 0 Å². The number of nitrogens with one attached hydrogen (secondary N) is 1. The minimum atomic E-state index is -0.0471. The van der Waals surface area contributed by atoms with Crippen molar-refractivity contribution in [1.82, 2.24) is 5.32 Å². The van der Waals surface area contributed by atoms with Gasteiger partial charge in [-0.15, -0.1) is 6.42 Å². The molecule has 1 saturated carbocycles. The normalized spacial score (nSPS) is 19.6. The summed E-state index contributed by atoms with van der Waals surface area (Å²) in [6.07, 6.45) is 12.7. The van der Waals surface area contributed by atoms with Crippen LogP contribution in [0.1, 0.15) is 38.5 Å². The lowest BCUT2D eigenvalue weighted by molar-refractivity contribution is 0.320. The lowest BCUT2D eigenvalue weighted by atomic mass is 9.85. The van der Waals surface area contributed by atoms with Gasteiger partial charge < -0.3 is 0 Å². The van der Waals surface area contributed by atoms with E-state index in [1.807, 2.05) is 0 Å². The summed E-state index contributed by atoms with van der Waals surface area (Å²) in [4.78, 5) is 0. The fourth-order valence-corrected chi connectivity index (χ4v) is 2.12. The van der Waals surface area contributed by atoms with E-state index in [-0.39, 0.29) is 6.04 Å². The van der Waals surface area contributed by atoms with E-state index < -0.39 is 0 Å². The summed E-state index contributed by atoms with van der Waals surface area (Å²) in [6, 6.07) is 2.23. The third-order valence-electron chi connectivity index (χ3n) is 2.90. The summed E-state index contributed by atoms with van der Waals surface area (Å²) in [5, 5.41) is 12.0. The first kappa shape index (κ1) is 11.1. The van der Waals surface area contributed by atoms with Crippen LogP contribution in [0.3, 0.4) is 0 Å². The number of hydrogen-bond donors (Lipinski definition) is 1. The van der Waals surface area contributed by atoms with E-state index in [9.17, 15) is 0 Å². The summed E-state index contributed by atoms with van der Waals surface area (Å²) < 4.78 is 0. The molecule has 1 atom stereocenters. The zero-order valence-electron chi connectivity index (χ0n) is 8.63. The lowest BCUT2D eigenvalue weighted by Crippen LogP contribution is -2.30. The van der Waals surface area contributed by atoms with Crippen LogP contribution in [0.2, 0.25) is 0 Å². The average Bonchev–Trinajstić information content (AvgIpc) is 2.25. The van der Waals surface area contributed by atoms with Crippen molar-refractivity contribution >= 4 is 0 Å². The molecule has 0 saturated heterocycles. The molecule has 0 aromatic carbocycles. The molecule has 0 heterocycles. The van der Waals surface area contributed by atoms with Crippen molar-refractivity contribution < 1.29 is 0 Å². The van der Waals surface area contributed by atoms with Gasteiger partial charge in [0.1, 0.15) is 0 Å². The topological polar surface area (TPSA) is 35.8 Å². The second-order valence-corrected chi connectivity index (χ2v) is 4.01. The highest BCUT2D eigenvalue weighted by atomic mass is 14.9. The Bertz CT molecular complexity index is 228. The van der Waals surface area contributed by atoms with Crippen LogP contribution in [0.5, 0.6) is 0 Å². The summed E-state index contributed by atoms with van der Waals surface area (Å²) in [5.41, 5.74) is 0. The van der Waals surface area contributed by atoms with Gasteiger partial charge in [0.15, 0.2) is 0 Å². The highest BCUT2D eigenvalue weighted by molar-refractivity contribution is 4.96. The molecule has 76 valence electrons. The Labute approximate surface area is 86.7 Å². The van der Waals surface area contributed by atoms with E-state index in [0.717, 1.165) is 12.3 Å². The van der Waals surface area contributed by atoms with Crippen LogP contribution in [-0.4, -0.2) is 12.6 Å². The molecule has 2 nitrogen and oxygen atoms in total. The van der Waals surface area contributed by atoms with Crippen molar-refractivity contribution in [3.05, 3.63) is 0 Å². The first-order valence-corrected chi connectivity index (χ1v) is 5.43. The Morgan fingerprint density at radius 3 is 2.64 bits per heavy atom. The van der Waals surface area contributed by atoms with Crippen molar-refractivity contribution in [2.24, 2.45) is 5.92 Å². The van der Waals surface area contributed by atoms with E-state index in [1.54, 1.807) is 0 Å². The van der Waals surface area contributed by atoms with Gasteiger partial charge in [-0.2, -0.15) is 5.26 Å². The molecule has 0 spiro atoms. The fraction of sp³-hybridized carbons (Fsp3) is 0.750. The number of nitrogens with zero attached hydrogens (tertiary/aromatic N) is 1. The molecule has 1 rings (SSSR count). The van der Waals surface area contributed by atoms with Crippen LogP contribution < -0.4 is 5.32 Å². The molecular formula is C12H18N2. The maximum atomic E-state index is 8.90. The van der Waals surface area contributed by atoms with Crippen LogP contribution in [0.25, 0.3) is 0 Å². The third kappa shape index (κ3) is 3.81. The molecular weight excluding hydrogens is 172 g/mol. The molecule has 1 fully saturated rings. The molecule has 14 heavy (non-hydrogen) atoms. The van der Waals surface area contributed by atoms with Crippen LogP contribution in [0.15, 0.2) is 0 Å². The SMILES string of the molecule is C#CCNC(C#N)CC1CCCCC1. The van der Waals surface area contributed by atoms with Gasteiger partial charge in [-0.3, -0.25) is 5.32 Å². The second-order valence-electron chi connectivity index (χ2n) is 4.01. The first-order chi connectivity index (χ1) is 6.86. The number of nitriles is 1. The maximum absolute atomic E-state index is 8.90. The molecule has 1 N–H and O–H groups in total. The zero-order chi connectivity index (χ0) is 10.2. The van der Waals surface area contributed by atoms with Gasteiger partial charge in [0, 0.05) is 0 Å². The molecule has 1 aliphatic rings. The van der Waals surface area contributed by atoms with E-state index >= 15 is 0 Å². The van der Waals surface area contributed by atoms with Crippen molar-refractivity contribution in [2.75, 3.05) is 6.54 Å². The Morgan fingerprint density at radius 1 is 1.36 bits per heavy atom. The van der Waals surface area contributed by atoms with Crippen molar-refractivity contribution in [3.63, 3.8) is 0 Å². The third-order valence-corrected chi connectivity index (χ3v) is 2.90. The van der Waals surface area contributed by atoms with Crippen molar-refractivity contribution in [3.8, 4) is 18.4 Å². The number of hydrogen-bond acceptors (Lipinski definition) is 2. The number of terminal acetylenes is 1. The summed E-state index contributed by atoms with van der Waals surface area (Å²) in [7, 11) is 0. The van der Waals surface area contributed by atoms with E-state index in [1.165, 1.54) is 32.1 Å². The van der Waals surface area contributed by atoms with Crippen LogP contribution in [0, 0.1) is 29.6 Å². The van der Waals surface area contributed by atoms with Gasteiger partial charge >= 0.3 is 0 Å². The highest BCUT2D eigenvalue weighted by Crippen LogP contribution is 2.27. The Balaban J connectivity index is 2.25. The average molecular weight is 190 g/mol. The van der Waals surface area contributed by atoms with E-state index in [0.29, 0.717) is 6.54 Å². The standard InChI is InChI=1S/C12H18N2/c1-2-8-14-12(10-13)9-11-6-4-3-5-7-11/h1,11-12,14H,3-9H2. The number of rotatable bonds is 4. The monoisotopic (exact) mass is 190 g/mol. The van der Waals surface area contributed by atoms with Gasteiger partial charge in [0.2, 0.25) is 0 Å². The maximum Gasteiger partial charge on any atom is 0.0962 e. The van der Waals surface area contributed by atoms with Crippen LogP contribution >= 0.6 is 0 Å². The van der Waals surface area contributed by atoms with Gasteiger partial charge in [-0.25, -0.2) is 0 Å². The highest BCUT2D eigenvalue weighted by Gasteiger charge is 2.17. The van der Waals surface area contributed by atoms with Crippen LogP contribution in [0.4, 0.5) is 0 Å². The molecule has 1 unspecified atom stereocenters. The molecule has 0 radical (unpaired) electrons. The fourth-order valence-electron chi connectivity index (χ4n) is 2.12.